The highest BCUT2D eigenvalue weighted by Crippen LogP contribution is 2.15. The lowest BCUT2D eigenvalue weighted by molar-refractivity contribution is -0.116. The molecular weight excluding hydrogens is 188 g/mol. The lowest BCUT2D eigenvalue weighted by atomic mass is 9.99. The van der Waals surface area contributed by atoms with Crippen molar-refractivity contribution >= 4 is 5.91 Å². The molecule has 1 aliphatic heterocycles. The SMILES string of the molecule is C=CC(=O)NCCCN1CCC(C)CC1. The Labute approximate surface area is 92.5 Å². The molecular formula is C12H22N2O. The van der Waals surface area contributed by atoms with Crippen molar-refractivity contribution in [3.8, 4) is 0 Å². The van der Waals surface area contributed by atoms with Crippen LogP contribution in [0.4, 0.5) is 0 Å². The number of hydrogen-bond donors (Lipinski definition) is 1. The van der Waals surface area contributed by atoms with E-state index in [4.69, 9.17) is 0 Å². The van der Waals surface area contributed by atoms with E-state index in [0.717, 1.165) is 25.4 Å². The van der Waals surface area contributed by atoms with Crippen LogP contribution in [0, 0.1) is 5.92 Å². The summed E-state index contributed by atoms with van der Waals surface area (Å²) in [7, 11) is 0. The summed E-state index contributed by atoms with van der Waals surface area (Å²) in [5.74, 6) is 0.823. The van der Waals surface area contributed by atoms with Crippen molar-refractivity contribution in [2.24, 2.45) is 5.92 Å². The Balaban J connectivity index is 2.00. The number of rotatable bonds is 5. The highest BCUT2D eigenvalue weighted by Gasteiger charge is 2.14. The third kappa shape index (κ3) is 4.98. The predicted octanol–water partition coefficient (Wildman–Crippen LogP) is 1.41. The fourth-order valence-corrected chi connectivity index (χ4v) is 1.87. The van der Waals surface area contributed by atoms with Crippen molar-refractivity contribution in [3.63, 3.8) is 0 Å². The molecule has 15 heavy (non-hydrogen) atoms. The average Bonchev–Trinajstić information content (AvgIpc) is 2.26. The molecule has 3 heteroatoms. The quantitative estimate of drug-likeness (QED) is 0.549. The molecule has 1 saturated heterocycles. The molecule has 1 heterocycles. The minimum Gasteiger partial charge on any atom is -0.353 e. The van der Waals surface area contributed by atoms with Crippen LogP contribution < -0.4 is 5.32 Å². The monoisotopic (exact) mass is 210 g/mol. The molecule has 0 aromatic rings. The van der Waals surface area contributed by atoms with Gasteiger partial charge in [-0.05, 0) is 50.9 Å². The van der Waals surface area contributed by atoms with Crippen molar-refractivity contribution in [2.75, 3.05) is 26.2 Å². The minimum atomic E-state index is -0.0673. The van der Waals surface area contributed by atoms with Crippen molar-refractivity contribution < 1.29 is 4.79 Å². The summed E-state index contributed by atoms with van der Waals surface area (Å²) in [4.78, 5) is 13.3. The van der Waals surface area contributed by atoms with E-state index in [-0.39, 0.29) is 5.91 Å². The molecule has 0 aromatic carbocycles. The maximum atomic E-state index is 10.9. The third-order valence-corrected chi connectivity index (χ3v) is 3.01. The summed E-state index contributed by atoms with van der Waals surface area (Å²) < 4.78 is 0. The zero-order chi connectivity index (χ0) is 11.1. The molecule has 0 radical (unpaired) electrons. The van der Waals surface area contributed by atoms with Crippen LogP contribution >= 0.6 is 0 Å². The van der Waals surface area contributed by atoms with Crippen LogP contribution in [-0.2, 0) is 4.79 Å². The number of piperidine rings is 1. The summed E-state index contributed by atoms with van der Waals surface area (Å²) >= 11 is 0. The lowest BCUT2D eigenvalue weighted by Crippen LogP contribution is -2.35. The van der Waals surface area contributed by atoms with E-state index in [1.165, 1.54) is 32.0 Å². The van der Waals surface area contributed by atoms with Crippen LogP contribution in [0.5, 0.6) is 0 Å². The smallest absolute Gasteiger partial charge is 0.243 e. The summed E-state index contributed by atoms with van der Waals surface area (Å²) in [6, 6.07) is 0. The van der Waals surface area contributed by atoms with Gasteiger partial charge in [-0.1, -0.05) is 13.5 Å². The molecule has 1 amide bonds. The van der Waals surface area contributed by atoms with Crippen LogP contribution in [0.25, 0.3) is 0 Å². The number of nitrogens with one attached hydrogen (secondary N) is 1. The first-order chi connectivity index (χ1) is 7.22. The van der Waals surface area contributed by atoms with E-state index in [0.29, 0.717) is 0 Å². The Morgan fingerprint density at radius 2 is 2.20 bits per heavy atom. The Bertz CT molecular complexity index is 208. The van der Waals surface area contributed by atoms with Gasteiger partial charge in [-0.2, -0.15) is 0 Å². The van der Waals surface area contributed by atoms with Gasteiger partial charge in [0.25, 0.3) is 0 Å². The summed E-state index contributed by atoms with van der Waals surface area (Å²) in [5.41, 5.74) is 0. The first kappa shape index (κ1) is 12.2. The molecule has 0 aliphatic carbocycles. The Hall–Kier alpha value is -0.830. The molecule has 0 bridgehead atoms. The summed E-state index contributed by atoms with van der Waals surface area (Å²) in [6.07, 6.45) is 4.99. The van der Waals surface area contributed by atoms with Crippen LogP contribution in [0.15, 0.2) is 12.7 Å². The molecule has 1 N–H and O–H groups in total. The summed E-state index contributed by atoms with van der Waals surface area (Å²) in [6.45, 7) is 10.0. The Morgan fingerprint density at radius 3 is 2.80 bits per heavy atom. The fraction of sp³-hybridized carbons (Fsp3) is 0.750. The maximum Gasteiger partial charge on any atom is 0.243 e. The minimum absolute atomic E-state index is 0.0673. The molecule has 3 nitrogen and oxygen atoms in total. The van der Waals surface area contributed by atoms with Gasteiger partial charge in [0.15, 0.2) is 0 Å². The number of carbonyl (C=O) groups excluding carboxylic acids is 1. The van der Waals surface area contributed by atoms with Crippen LogP contribution in [-0.4, -0.2) is 37.0 Å². The topological polar surface area (TPSA) is 32.3 Å². The molecule has 0 spiro atoms. The molecule has 0 unspecified atom stereocenters. The number of nitrogens with zero attached hydrogens (tertiary/aromatic N) is 1. The fourth-order valence-electron chi connectivity index (χ4n) is 1.87. The first-order valence-electron chi connectivity index (χ1n) is 5.85. The van der Waals surface area contributed by atoms with Crippen molar-refractivity contribution in [1.82, 2.24) is 10.2 Å². The highest BCUT2D eigenvalue weighted by atomic mass is 16.1. The zero-order valence-electron chi connectivity index (χ0n) is 9.67. The van der Waals surface area contributed by atoms with Gasteiger partial charge < -0.3 is 10.2 Å². The van der Waals surface area contributed by atoms with E-state index in [9.17, 15) is 4.79 Å². The van der Waals surface area contributed by atoms with Gasteiger partial charge in [-0.15, -0.1) is 0 Å². The second-order valence-electron chi connectivity index (χ2n) is 4.37. The molecule has 0 saturated carbocycles. The van der Waals surface area contributed by atoms with Crippen LogP contribution in [0.2, 0.25) is 0 Å². The molecule has 1 fully saturated rings. The second kappa shape index (κ2) is 6.62. The second-order valence-corrected chi connectivity index (χ2v) is 4.37. The Kier molecular flexibility index (Phi) is 5.40. The largest absolute Gasteiger partial charge is 0.353 e. The van der Waals surface area contributed by atoms with Crippen molar-refractivity contribution in [1.29, 1.82) is 0 Å². The van der Waals surface area contributed by atoms with Gasteiger partial charge in [0.05, 0.1) is 0 Å². The van der Waals surface area contributed by atoms with E-state index in [2.05, 4.69) is 23.7 Å². The zero-order valence-corrected chi connectivity index (χ0v) is 9.67. The van der Waals surface area contributed by atoms with Crippen molar-refractivity contribution in [3.05, 3.63) is 12.7 Å². The number of amides is 1. The van der Waals surface area contributed by atoms with Crippen LogP contribution in [0.1, 0.15) is 26.2 Å². The standard InChI is InChI=1S/C12H22N2O/c1-3-12(15)13-7-4-8-14-9-5-11(2)6-10-14/h3,11H,1,4-10H2,2H3,(H,13,15). The molecule has 0 atom stereocenters. The van der Waals surface area contributed by atoms with Gasteiger partial charge >= 0.3 is 0 Å². The van der Waals surface area contributed by atoms with Gasteiger partial charge in [-0.25, -0.2) is 0 Å². The van der Waals surface area contributed by atoms with E-state index < -0.39 is 0 Å². The highest BCUT2D eigenvalue weighted by molar-refractivity contribution is 5.86. The number of likely N-dealkylation sites (tertiary alicyclic amines) is 1. The lowest BCUT2D eigenvalue weighted by Gasteiger charge is -2.30. The predicted molar refractivity (Wildman–Crippen MR) is 62.7 cm³/mol. The van der Waals surface area contributed by atoms with Crippen LogP contribution in [0.3, 0.4) is 0 Å². The van der Waals surface area contributed by atoms with E-state index in [1.807, 2.05) is 0 Å². The van der Waals surface area contributed by atoms with Gasteiger partial charge in [-0.3, -0.25) is 4.79 Å². The summed E-state index contributed by atoms with van der Waals surface area (Å²) in [5, 5.41) is 2.80. The average molecular weight is 210 g/mol. The van der Waals surface area contributed by atoms with E-state index >= 15 is 0 Å². The van der Waals surface area contributed by atoms with Crippen molar-refractivity contribution in [2.45, 2.75) is 26.2 Å². The van der Waals surface area contributed by atoms with Gasteiger partial charge in [0, 0.05) is 6.54 Å². The normalized spacial score (nSPS) is 18.7. The molecule has 86 valence electrons. The Morgan fingerprint density at radius 1 is 1.53 bits per heavy atom. The van der Waals surface area contributed by atoms with Gasteiger partial charge in [0.1, 0.15) is 0 Å². The number of hydrogen-bond acceptors (Lipinski definition) is 2. The van der Waals surface area contributed by atoms with E-state index in [1.54, 1.807) is 0 Å². The van der Waals surface area contributed by atoms with Gasteiger partial charge in [0.2, 0.25) is 5.91 Å². The molecule has 1 rings (SSSR count). The number of carbonyl (C=O) groups is 1. The first-order valence-corrected chi connectivity index (χ1v) is 5.85. The molecule has 1 aliphatic rings. The third-order valence-electron chi connectivity index (χ3n) is 3.01. The molecule has 0 aromatic heterocycles. The maximum absolute atomic E-state index is 10.9.